The fraction of sp³-hybridized carbons (Fsp3) is 0.278. The Bertz CT molecular complexity index is 658. The Kier molecular flexibility index (Phi) is 6.19. The van der Waals surface area contributed by atoms with Crippen molar-refractivity contribution in [2.45, 2.75) is 19.5 Å². The van der Waals surface area contributed by atoms with E-state index in [1.807, 2.05) is 67.4 Å². The third-order valence-electron chi connectivity index (χ3n) is 3.75. The zero-order valence-electron chi connectivity index (χ0n) is 13.5. The van der Waals surface area contributed by atoms with Crippen molar-refractivity contribution in [1.29, 1.82) is 0 Å². The minimum atomic E-state index is -0.261. The van der Waals surface area contributed by atoms with Gasteiger partial charge in [-0.1, -0.05) is 40.2 Å². The lowest BCUT2D eigenvalue weighted by atomic mass is 10.2. The van der Waals surface area contributed by atoms with Gasteiger partial charge in [0.2, 0.25) is 5.91 Å². The van der Waals surface area contributed by atoms with Gasteiger partial charge in [0.05, 0.1) is 18.8 Å². The molecule has 0 saturated carbocycles. The highest BCUT2D eigenvalue weighted by atomic mass is 79.9. The largest absolute Gasteiger partial charge is 0.495 e. The predicted molar refractivity (Wildman–Crippen MR) is 96.7 cm³/mol. The molecule has 0 heterocycles. The molecule has 23 heavy (non-hydrogen) atoms. The molecule has 0 fully saturated rings. The highest BCUT2D eigenvalue weighted by molar-refractivity contribution is 9.10. The lowest BCUT2D eigenvalue weighted by molar-refractivity contribution is -0.120. The Morgan fingerprint density at radius 3 is 2.52 bits per heavy atom. The van der Waals surface area contributed by atoms with E-state index in [0.29, 0.717) is 18.0 Å². The maximum absolute atomic E-state index is 12.5. The number of methoxy groups -OCH3 is 1. The van der Waals surface area contributed by atoms with Gasteiger partial charge < -0.3 is 10.1 Å². The number of hydrogen-bond donors (Lipinski definition) is 1. The van der Waals surface area contributed by atoms with Crippen LogP contribution in [0, 0.1) is 0 Å². The molecule has 0 radical (unpaired) electrons. The van der Waals surface area contributed by atoms with Gasteiger partial charge in [0.15, 0.2) is 0 Å². The number of para-hydroxylation sites is 2. The Hall–Kier alpha value is -1.85. The summed E-state index contributed by atoms with van der Waals surface area (Å²) < 4.78 is 6.31. The number of ether oxygens (including phenoxy) is 1. The molecule has 2 aromatic rings. The maximum atomic E-state index is 12.5. The van der Waals surface area contributed by atoms with Gasteiger partial charge in [0.1, 0.15) is 5.75 Å². The Balaban J connectivity index is 1.99. The molecule has 0 aliphatic rings. The van der Waals surface area contributed by atoms with Crippen LogP contribution in [0.4, 0.5) is 5.69 Å². The number of nitrogens with one attached hydrogen (secondary N) is 1. The van der Waals surface area contributed by atoms with E-state index < -0.39 is 0 Å². The van der Waals surface area contributed by atoms with Crippen LogP contribution in [-0.4, -0.2) is 31.0 Å². The molecule has 0 aromatic heterocycles. The smallest absolute Gasteiger partial charge is 0.241 e. The van der Waals surface area contributed by atoms with E-state index in [2.05, 4.69) is 21.2 Å². The number of carbonyl (C=O) groups is 1. The number of hydrogen-bond acceptors (Lipinski definition) is 3. The summed E-state index contributed by atoms with van der Waals surface area (Å²) in [4.78, 5) is 14.5. The standard InChI is InChI=1S/C18H21BrN2O2/c1-13(21(2)12-14-8-10-15(19)11-9-14)18(22)20-16-6-4-5-7-17(16)23-3/h4-11,13H,12H2,1-3H3,(H,20,22)/t13-/m0/s1. The average Bonchev–Trinajstić information content (AvgIpc) is 2.56. The first kappa shape index (κ1) is 17.5. The molecule has 2 rings (SSSR count). The summed E-state index contributed by atoms with van der Waals surface area (Å²) in [5.74, 6) is 0.595. The summed E-state index contributed by atoms with van der Waals surface area (Å²) in [6, 6.07) is 15.2. The van der Waals surface area contributed by atoms with E-state index in [9.17, 15) is 4.79 Å². The second kappa shape index (κ2) is 8.13. The minimum absolute atomic E-state index is 0.0610. The highest BCUT2D eigenvalue weighted by Gasteiger charge is 2.19. The summed E-state index contributed by atoms with van der Waals surface area (Å²) >= 11 is 3.42. The number of amides is 1. The van der Waals surface area contributed by atoms with Gasteiger partial charge in [-0.2, -0.15) is 0 Å². The summed E-state index contributed by atoms with van der Waals surface area (Å²) in [6.07, 6.45) is 0. The number of likely N-dealkylation sites (N-methyl/N-ethyl adjacent to an activating group) is 1. The van der Waals surface area contributed by atoms with E-state index in [-0.39, 0.29) is 11.9 Å². The molecular weight excluding hydrogens is 356 g/mol. The summed E-state index contributed by atoms with van der Waals surface area (Å²) in [5.41, 5.74) is 1.84. The van der Waals surface area contributed by atoms with Gasteiger partial charge in [-0.05, 0) is 43.8 Å². The SMILES string of the molecule is COc1ccccc1NC(=O)[C@H](C)N(C)Cc1ccc(Br)cc1. The third kappa shape index (κ3) is 4.81. The normalized spacial score (nSPS) is 12.0. The zero-order valence-corrected chi connectivity index (χ0v) is 15.1. The van der Waals surface area contributed by atoms with E-state index in [1.54, 1.807) is 7.11 Å². The summed E-state index contributed by atoms with van der Waals surface area (Å²) in [6.45, 7) is 2.59. The molecule has 5 heteroatoms. The van der Waals surface area contributed by atoms with Crippen molar-refractivity contribution >= 4 is 27.5 Å². The van der Waals surface area contributed by atoms with Crippen molar-refractivity contribution < 1.29 is 9.53 Å². The van der Waals surface area contributed by atoms with Gasteiger partial charge in [0.25, 0.3) is 0 Å². The van der Waals surface area contributed by atoms with Crippen LogP contribution in [0.1, 0.15) is 12.5 Å². The predicted octanol–water partition coefficient (Wildman–Crippen LogP) is 3.92. The van der Waals surface area contributed by atoms with Crippen LogP contribution in [0.5, 0.6) is 5.75 Å². The van der Waals surface area contributed by atoms with Crippen molar-refractivity contribution in [3.63, 3.8) is 0 Å². The first-order valence-corrected chi connectivity index (χ1v) is 8.19. The highest BCUT2D eigenvalue weighted by Crippen LogP contribution is 2.23. The third-order valence-corrected chi connectivity index (χ3v) is 4.28. The lowest BCUT2D eigenvalue weighted by Gasteiger charge is -2.24. The van der Waals surface area contributed by atoms with E-state index in [0.717, 1.165) is 10.0 Å². The van der Waals surface area contributed by atoms with Crippen LogP contribution in [0.25, 0.3) is 0 Å². The zero-order chi connectivity index (χ0) is 16.8. The lowest BCUT2D eigenvalue weighted by Crippen LogP contribution is -2.39. The Labute approximate surface area is 145 Å². The van der Waals surface area contributed by atoms with Crippen molar-refractivity contribution in [1.82, 2.24) is 4.90 Å². The second-order valence-electron chi connectivity index (χ2n) is 5.41. The first-order valence-electron chi connectivity index (χ1n) is 7.40. The molecule has 0 spiro atoms. The summed E-state index contributed by atoms with van der Waals surface area (Å²) in [5, 5.41) is 2.92. The molecule has 1 atom stereocenters. The molecule has 2 aromatic carbocycles. The van der Waals surface area contributed by atoms with Gasteiger partial charge >= 0.3 is 0 Å². The monoisotopic (exact) mass is 376 g/mol. The number of benzene rings is 2. The fourth-order valence-electron chi connectivity index (χ4n) is 2.20. The van der Waals surface area contributed by atoms with Crippen LogP contribution in [-0.2, 0) is 11.3 Å². The van der Waals surface area contributed by atoms with Crippen molar-refractivity contribution in [2.24, 2.45) is 0 Å². The quantitative estimate of drug-likeness (QED) is 0.830. The molecule has 4 nitrogen and oxygen atoms in total. The molecule has 1 N–H and O–H groups in total. The molecule has 0 saturated heterocycles. The molecule has 0 unspecified atom stereocenters. The molecule has 0 aliphatic carbocycles. The fourth-order valence-corrected chi connectivity index (χ4v) is 2.46. The Morgan fingerprint density at radius 2 is 1.87 bits per heavy atom. The Morgan fingerprint density at radius 1 is 1.22 bits per heavy atom. The van der Waals surface area contributed by atoms with Gasteiger partial charge in [0, 0.05) is 11.0 Å². The van der Waals surface area contributed by atoms with Crippen LogP contribution < -0.4 is 10.1 Å². The van der Waals surface area contributed by atoms with Gasteiger partial charge in [-0.3, -0.25) is 9.69 Å². The maximum Gasteiger partial charge on any atom is 0.241 e. The number of carbonyl (C=O) groups excluding carboxylic acids is 1. The molecule has 122 valence electrons. The average molecular weight is 377 g/mol. The minimum Gasteiger partial charge on any atom is -0.495 e. The molecule has 1 amide bonds. The number of anilines is 1. The topological polar surface area (TPSA) is 41.6 Å². The van der Waals surface area contributed by atoms with Gasteiger partial charge in [-0.15, -0.1) is 0 Å². The first-order chi connectivity index (χ1) is 11.0. The number of nitrogens with zero attached hydrogens (tertiary/aromatic N) is 1. The summed E-state index contributed by atoms with van der Waals surface area (Å²) in [7, 11) is 3.53. The van der Waals surface area contributed by atoms with Crippen molar-refractivity contribution in [3.8, 4) is 5.75 Å². The van der Waals surface area contributed by atoms with E-state index in [4.69, 9.17) is 4.74 Å². The van der Waals surface area contributed by atoms with Gasteiger partial charge in [-0.25, -0.2) is 0 Å². The van der Waals surface area contributed by atoms with Crippen LogP contribution in [0.15, 0.2) is 53.0 Å². The molecule has 0 bridgehead atoms. The van der Waals surface area contributed by atoms with Crippen molar-refractivity contribution in [3.05, 3.63) is 58.6 Å². The van der Waals surface area contributed by atoms with Crippen LogP contribution >= 0.6 is 15.9 Å². The van der Waals surface area contributed by atoms with E-state index >= 15 is 0 Å². The van der Waals surface area contributed by atoms with Crippen LogP contribution in [0.3, 0.4) is 0 Å². The number of rotatable bonds is 6. The second-order valence-corrected chi connectivity index (χ2v) is 6.32. The molecule has 0 aliphatic heterocycles. The van der Waals surface area contributed by atoms with E-state index in [1.165, 1.54) is 0 Å². The molecular formula is C18H21BrN2O2. The van der Waals surface area contributed by atoms with Crippen molar-refractivity contribution in [2.75, 3.05) is 19.5 Å². The number of halogens is 1. The van der Waals surface area contributed by atoms with Crippen LogP contribution in [0.2, 0.25) is 0 Å².